The molecule has 4 heterocycles. The molecule has 9 rings (SSSR count). The monoisotopic (exact) mass is 502 g/mol. The second-order valence-corrected chi connectivity index (χ2v) is 9.93. The van der Waals surface area contributed by atoms with Gasteiger partial charge in [0, 0.05) is 51.0 Å². The van der Waals surface area contributed by atoms with Crippen molar-refractivity contribution in [2.24, 2.45) is 0 Å². The van der Waals surface area contributed by atoms with Crippen LogP contribution in [0.15, 0.2) is 107 Å². The van der Waals surface area contributed by atoms with Gasteiger partial charge in [-0.1, -0.05) is 48.5 Å². The van der Waals surface area contributed by atoms with Crippen LogP contribution < -0.4 is 0 Å². The molecule has 0 atom stereocenters. The van der Waals surface area contributed by atoms with E-state index in [1.165, 1.54) is 23.0 Å². The predicted molar refractivity (Wildman–Crippen MR) is 151 cm³/mol. The number of fused-ring (bicyclic) bond motifs is 9. The van der Waals surface area contributed by atoms with Crippen LogP contribution in [-0.4, -0.2) is 19.9 Å². The first-order valence-corrected chi connectivity index (χ1v) is 12.8. The van der Waals surface area contributed by atoms with Gasteiger partial charge in [-0.05, 0) is 41.5 Å². The summed E-state index contributed by atoms with van der Waals surface area (Å²) in [5, 5.41) is 4.01. The number of furan rings is 2. The van der Waals surface area contributed by atoms with E-state index in [-0.39, 0.29) is 0 Å². The first-order valence-electron chi connectivity index (χ1n) is 12.8. The molecule has 0 radical (unpaired) electrons. The van der Waals surface area contributed by atoms with Gasteiger partial charge < -0.3 is 8.83 Å². The van der Waals surface area contributed by atoms with Crippen molar-refractivity contribution < 1.29 is 8.83 Å². The molecule has 182 valence electrons. The zero-order valence-corrected chi connectivity index (χ0v) is 20.6. The average molecular weight is 503 g/mol. The van der Waals surface area contributed by atoms with Crippen molar-refractivity contribution in [2.45, 2.75) is 6.42 Å². The van der Waals surface area contributed by atoms with E-state index in [1.54, 1.807) is 12.5 Å². The van der Waals surface area contributed by atoms with Gasteiger partial charge in [0.25, 0.3) is 0 Å². The van der Waals surface area contributed by atoms with Crippen molar-refractivity contribution >= 4 is 44.0 Å². The van der Waals surface area contributed by atoms with Crippen molar-refractivity contribution in [3.8, 4) is 33.6 Å². The molecule has 6 nitrogen and oxygen atoms in total. The summed E-state index contributed by atoms with van der Waals surface area (Å²) in [5.74, 6) is 0. The molecule has 8 aromatic rings. The van der Waals surface area contributed by atoms with E-state index in [9.17, 15) is 0 Å². The summed E-state index contributed by atoms with van der Waals surface area (Å²) < 4.78 is 12.4. The molecule has 0 spiro atoms. The molecule has 0 amide bonds. The van der Waals surface area contributed by atoms with Crippen LogP contribution in [0, 0.1) is 0 Å². The zero-order valence-electron chi connectivity index (χ0n) is 20.6. The standard InChI is InChI=1S/C33H18N4O2/c1-2-5-21-18(4-1)13-26-30(35-17-36-31(21)26)20-9-11-29-25(14-20)24-12-19(8-10-28(24)38-29)22-6-3-7-23-27-15-34-16-37-33(27)39-32(22)23/h1-12,14-17H,13H2. The Morgan fingerprint density at radius 1 is 0.590 bits per heavy atom. The summed E-state index contributed by atoms with van der Waals surface area (Å²) in [6.45, 7) is 0. The summed E-state index contributed by atoms with van der Waals surface area (Å²) >= 11 is 0. The van der Waals surface area contributed by atoms with E-state index in [4.69, 9.17) is 13.8 Å². The highest BCUT2D eigenvalue weighted by Crippen LogP contribution is 2.41. The maximum absolute atomic E-state index is 6.24. The van der Waals surface area contributed by atoms with Crippen LogP contribution >= 0.6 is 0 Å². The minimum absolute atomic E-state index is 0.589. The van der Waals surface area contributed by atoms with Gasteiger partial charge in [-0.25, -0.2) is 19.9 Å². The first kappa shape index (κ1) is 20.7. The summed E-state index contributed by atoms with van der Waals surface area (Å²) in [6.07, 6.45) is 5.82. The molecule has 0 aliphatic heterocycles. The summed E-state index contributed by atoms with van der Waals surface area (Å²) in [7, 11) is 0. The Bertz CT molecular complexity index is 2280. The number of hydrogen-bond acceptors (Lipinski definition) is 6. The molecule has 1 aliphatic rings. The third kappa shape index (κ3) is 2.91. The van der Waals surface area contributed by atoms with Crippen LogP contribution in [0.5, 0.6) is 0 Å². The maximum atomic E-state index is 6.24. The Kier molecular flexibility index (Phi) is 4.02. The lowest BCUT2D eigenvalue weighted by atomic mass is 9.99. The van der Waals surface area contributed by atoms with Crippen LogP contribution in [0.25, 0.3) is 77.6 Å². The lowest BCUT2D eigenvalue weighted by Crippen LogP contribution is -1.94. The van der Waals surface area contributed by atoms with Gasteiger partial charge >= 0.3 is 0 Å². The second kappa shape index (κ2) is 7.58. The molecule has 0 N–H and O–H groups in total. The number of nitrogens with zero attached hydrogens (tertiary/aromatic N) is 4. The Morgan fingerprint density at radius 2 is 1.38 bits per heavy atom. The van der Waals surface area contributed by atoms with E-state index in [2.05, 4.69) is 69.5 Å². The third-order valence-electron chi connectivity index (χ3n) is 7.82. The summed E-state index contributed by atoms with van der Waals surface area (Å²) in [5.41, 5.74) is 11.8. The number of rotatable bonds is 2. The Morgan fingerprint density at radius 3 is 2.31 bits per heavy atom. The van der Waals surface area contributed by atoms with E-state index >= 15 is 0 Å². The molecular weight excluding hydrogens is 484 g/mol. The lowest BCUT2D eigenvalue weighted by Gasteiger charge is -2.07. The van der Waals surface area contributed by atoms with Gasteiger partial charge in [0.2, 0.25) is 5.71 Å². The minimum Gasteiger partial charge on any atom is -0.456 e. The van der Waals surface area contributed by atoms with Crippen LogP contribution in [0.1, 0.15) is 11.1 Å². The van der Waals surface area contributed by atoms with Crippen LogP contribution in [0.4, 0.5) is 0 Å². The van der Waals surface area contributed by atoms with Gasteiger partial charge in [-0.15, -0.1) is 0 Å². The molecule has 0 saturated heterocycles. The molecule has 4 aromatic heterocycles. The molecule has 4 aromatic carbocycles. The second-order valence-electron chi connectivity index (χ2n) is 9.93. The Balaban J connectivity index is 1.23. The molecule has 0 unspecified atom stereocenters. The van der Waals surface area contributed by atoms with Crippen molar-refractivity contribution in [1.29, 1.82) is 0 Å². The maximum Gasteiger partial charge on any atom is 0.230 e. The highest BCUT2D eigenvalue weighted by molar-refractivity contribution is 6.11. The average Bonchev–Trinajstić information content (AvgIpc) is 3.67. The number of aromatic nitrogens is 4. The van der Waals surface area contributed by atoms with E-state index in [1.807, 2.05) is 24.3 Å². The normalized spacial score (nSPS) is 12.5. The smallest absolute Gasteiger partial charge is 0.230 e. The molecule has 6 heteroatoms. The fraction of sp³-hybridized carbons (Fsp3) is 0.0303. The summed E-state index contributed by atoms with van der Waals surface area (Å²) in [6, 6.07) is 27.2. The molecule has 0 bridgehead atoms. The van der Waals surface area contributed by atoms with Gasteiger partial charge in [-0.2, -0.15) is 0 Å². The zero-order chi connectivity index (χ0) is 25.5. The van der Waals surface area contributed by atoms with E-state index in [0.29, 0.717) is 5.71 Å². The van der Waals surface area contributed by atoms with E-state index < -0.39 is 0 Å². The van der Waals surface area contributed by atoms with Crippen LogP contribution in [-0.2, 0) is 6.42 Å². The number of para-hydroxylation sites is 1. The molecule has 0 saturated carbocycles. The Labute approximate surface area is 221 Å². The van der Waals surface area contributed by atoms with Crippen molar-refractivity contribution in [2.75, 3.05) is 0 Å². The van der Waals surface area contributed by atoms with Gasteiger partial charge in [0.15, 0.2) is 0 Å². The van der Waals surface area contributed by atoms with E-state index in [0.717, 1.165) is 72.8 Å². The predicted octanol–water partition coefficient (Wildman–Crippen LogP) is 7.97. The fourth-order valence-corrected chi connectivity index (χ4v) is 6.02. The number of benzene rings is 4. The van der Waals surface area contributed by atoms with Crippen molar-refractivity contribution in [3.05, 3.63) is 109 Å². The van der Waals surface area contributed by atoms with Gasteiger partial charge in [-0.3, -0.25) is 0 Å². The lowest BCUT2D eigenvalue weighted by molar-refractivity contribution is 0.653. The van der Waals surface area contributed by atoms with Crippen molar-refractivity contribution in [1.82, 2.24) is 19.9 Å². The van der Waals surface area contributed by atoms with Gasteiger partial charge in [0.1, 0.15) is 29.4 Å². The molecular formula is C33H18N4O2. The minimum atomic E-state index is 0.589. The van der Waals surface area contributed by atoms with Crippen LogP contribution in [0.2, 0.25) is 0 Å². The highest BCUT2D eigenvalue weighted by atomic mass is 16.3. The fourth-order valence-electron chi connectivity index (χ4n) is 6.02. The molecule has 0 fully saturated rings. The van der Waals surface area contributed by atoms with Crippen LogP contribution in [0.3, 0.4) is 0 Å². The quantitative estimate of drug-likeness (QED) is 0.239. The Hall–Kier alpha value is -5.36. The van der Waals surface area contributed by atoms with Gasteiger partial charge in [0.05, 0.1) is 16.8 Å². The SMILES string of the molecule is c1ccc2c(c1)Cc1c(-c3ccc4oc5ccc(-c6cccc7c6oc6ncncc67)cc5c4c3)ncnc1-2. The third-order valence-corrected chi connectivity index (χ3v) is 7.82. The first-order chi connectivity index (χ1) is 19.3. The number of hydrogen-bond donors (Lipinski definition) is 0. The van der Waals surface area contributed by atoms with Crippen molar-refractivity contribution in [3.63, 3.8) is 0 Å². The largest absolute Gasteiger partial charge is 0.456 e. The summed E-state index contributed by atoms with van der Waals surface area (Å²) in [4.78, 5) is 17.8. The molecule has 1 aliphatic carbocycles. The topological polar surface area (TPSA) is 77.8 Å². The molecule has 39 heavy (non-hydrogen) atoms. The highest BCUT2D eigenvalue weighted by Gasteiger charge is 2.24.